The van der Waals surface area contributed by atoms with E-state index in [0.29, 0.717) is 35.7 Å². The van der Waals surface area contributed by atoms with Gasteiger partial charge in [-0.2, -0.15) is 0 Å². The number of nitrogens with one attached hydrogen (secondary N) is 1. The van der Waals surface area contributed by atoms with Gasteiger partial charge < -0.3 is 5.32 Å². The molecule has 1 heterocycles. The van der Waals surface area contributed by atoms with Gasteiger partial charge in [0.15, 0.2) is 0 Å². The Labute approximate surface area is 169 Å². The van der Waals surface area contributed by atoms with Gasteiger partial charge in [0.1, 0.15) is 5.82 Å². The zero-order chi connectivity index (χ0) is 20.3. The Balaban J connectivity index is 1.68. The Morgan fingerprint density at radius 1 is 1.25 bits per heavy atom. The van der Waals surface area contributed by atoms with Crippen LogP contribution in [-0.4, -0.2) is 31.7 Å². The van der Waals surface area contributed by atoms with Crippen molar-refractivity contribution in [3.05, 3.63) is 64.4 Å². The molecule has 3 rings (SSSR count). The third-order valence-corrected chi connectivity index (χ3v) is 6.92. The Hall–Kier alpha value is -1.96. The number of benzene rings is 2. The molecule has 1 fully saturated rings. The van der Waals surface area contributed by atoms with E-state index in [4.69, 9.17) is 11.6 Å². The van der Waals surface area contributed by atoms with E-state index in [1.165, 1.54) is 28.6 Å². The minimum absolute atomic E-state index is 0.134. The van der Waals surface area contributed by atoms with Gasteiger partial charge in [0.25, 0.3) is 0 Å². The maximum Gasteiger partial charge on any atom is 0.228 e. The van der Waals surface area contributed by atoms with Gasteiger partial charge in [-0.15, -0.1) is 0 Å². The van der Waals surface area contributed by atoms with Gasteiger partial charge in [-0.05, 0) is 55.2 Å². The quantitative estimate of drug-likeness (QED) is 0.789. The smallest absolute Gasteiger partial charge is 0.228 e. The van der Waals surface area contributed by atoms with Gasteiger partial charge in [-0.1, -0.05) is 29.8 Å². The summed E-state index contributed by atoms with van der Waals surface area (Å²) in [6, 6.07) is 10.6. The number of hydrogen-bond acceptors (Lipinski definition) is 3. The predicted molar refractivity (Wildman–Crippen MR) is 108 cm³/mol. The summed E-state index contributed by atoms with van der Waals surface area (Å²) in [6.07, 6.45) is 1.23. The number of carbonyl (C=O) groups excluding carboxylic acids is 1. The van der Waals surface area contributed by atoms with Crippen LogP contribution in [0.2, 0.25) is 5.02 Å². The molecule has 0 unspecified atom stereocenters. The van der Waals surface area contributed by atoms with E-state index in [1.54, 1.807) is 12.1 Å². The summed E-state index contributed by atoms with van der Waals surface area (Å²) in [4.78, 5) is 12.7. The molecule has 150 valence electrons. The Morgan fingerprint density at radius 3 is 2.68 bits per heavy atom. The number of carbonyl (C=O) groups is 1. The van der Waals surface area contributed by atoms with Crippen molar-refractivity contribution in [1.82, 2.24) is 4.31 Å². The maximum absolute atomic E-state index is 13.0. The molecule has 0 bridgehead atoms. The standard InChI is InChI=1S/C20H22ClFN2O3S/c1-14-4-7-17(21)11-19(14)23-20(25)16-3-2-10-24(12-16)28(26,27)13-15-5-8-18(22)9-6-15/h4-9,11,16H,2-3,10,12-13H2,1H3,(H,23,25)/t16-/m0/s1. The minimum atomic E-state index is -3.59. The molecule has 1 N–H and O–H groups in total. The molecule has 0 spiro atoms. The number of anilines is 1. The van der Waals surface area contributed by atoms with E-state index in [9.17, 15) is 17.6 Å². The third kappa shape index (κ3) is 5.10. The van der Waals surface area contributed by atoms with Crippen LogP contribution < -0.4 is 5.32 Å². The number of piperidine rings is 1. The second-order valence-electron chi connectivity index (χ2n) is 7.03. The van der Waals surface area contributed by atoms with Crippen molar-refractivity contribution in [1.29, 1.82) is 0 Å². The van der Waals surface area contributed by atoms with Crippen molar-refractivity contribution in [2.75, 3.05) is 18.4 Å². The molecular formula is C20H22ClFN2O3S. The SMILES string of the molecule is Cc1ccc(Cl)cc1NC(=O)[C@H]1CCCN(S(=O)(=O)Cc2ccc(F)cc2)C1. The first kappa shape index (κ1) is 20.8. The first-order chi connectivity index (χ1) is 13.2. The van der Waals surface area contributed by atoms with Gasteiger partial charge in [0.05, 0.1) is 11.7 Å². The molecule has 1 aliphatic heterocycles. The zero-order valence-electron chi connectivity index (χ0n) is 15.5. The highest BCUT2D eigenvalue weighted by molar-refractivity contribution is 7.88. The van der Waals surface area contributed by atoms with Gasteiger partial charge in [0.2, 0.25) is 15.9 Å². The van der Waals surface area contributed by atoms with E-state index in [-0.39, 0.29) is 18.2 Å². The lowest BCUT2D eigenvalue weighted by molar-refractivity contribution is -0.120. The fourth-order valence-corrected chi connectivity index (χ4v) is 5.04. The molecule has 2 aromatic rings. The molecule has 0 aliphatic carbocycles. The molecule has 1 aliphatic rings. The highest BCUT2D eigenvalue weighted by atomic mass is 35.5. The van der Waals surface area contributed by atoms with Gasteiger partial charge in [0, 0.05) is 23.8 Å². The number of rotatable bonds is 5. The molecule has 2 aromatic carbocycles. The van der Waals surface area contributed by atoms with E-state index in [2.05, 4.69) is 5.32 Å². The van der Waals surface area contributed by atoms with E-state index < -0.39 is 21.8 Å². The Kier molecular flexibility index (Phi) is 6.37. The van der Waals surface area contributed by atoms with Crippen LogP contribution in [0.1, 0.15) is 24.0 Å². The number of halogens is 2. The number of sulfonamides is 1. The summed E-state index contributed by atoms with van der Waals surface area (Å²) >= 11 is 5.99. The van der Waals surface area contributed by atoms with Crippen molar-refractivity contribution < 1.29 is 17.6 Å². The summed E-state index contributed by atoms with van der Waals surface area (Å²) < 4.78 is 39.9. The average molecular weight is 425 g/mol. The van der Waals surface area contributed by atoms with E-state index in [0.717, 1.165) is 5.56 Å². The van der Waals surface area contributed by atoms with Crippen LogP contribution in [0, 0.1) is 18.7 Å². The van der Waals surface area contributed by atoms with Gasteiger partial charge >= 0.3 is 0 Å². The first-order valence-corrected chi connectivity index (χ1v) is 11.0. The lowest BCUT2D eigenvalue weighted by Gasteiger charge is -2.31. The molecule has 1 atom stereocenters. The van der Waals surface area contributed by atoms with Crippen LogP contribution in [0.5, 0.6) is 0 Å². The second-order valence-corrected chi connectivity index (χ2v) is 9.43. The third-order valence-electron chi connectivity index (χ3n) is 4.87. The lowest BCUT2D eigenvalue weighted by Crippen LogP contribution is -2.44. The summed E-state index contributed by atoms with van der Waals surface area (Å²) in [5, 5.41) is 3.38. The highest BCUT2D eigenvalue weighted by Crippen LogP contribution is 2.25. The molecule has 0 radical (unpaired) electrons. The normalized spacial score (nSPS) is 18.0. The fourth-order valence-electron chi connectivity index (χ4n) is 3.26. The summed E-state index contributed by atoms with van der Waals surface area (Å²) in [6.45, 7) is 2.38. The van der Waals surface area contributed by atoms with E-state index in [1.807, 2.05) is 13.0 Å². The van der Waals surface area contributed by atoms with Crippen LogP contribution in [0.4, 0.5) is 10.1 Å². The maximum atomic E-state index is 13.0. The molecule has 8 heteroatoms. The zero-order valence-corrected chi connectivity index (χ0v) is 17.1. The van der Waals surface area contributed by atoms with E-state index >= 15 is 0 Å². The monoisotopic (exact) mass is 424 g/mol. The molecule has 0 saturated carbocycles. The Morgan fingerprint density at radius 2 is 1.96 bits per heavy atom. The van der Waals surface area contributed by atoms with Crippen LogP contribution in [0.25, 0.3) is 0 Å². The molecule has 1 amide bonds. The number of nitrogens with zero attached hydrogens (tertiary/aromatic N) is 1. The van der Waals surface area contributed by atoms with Gasteiger partial charge in [-0.3, -0.25) is 4.79 Å². The minimum Gasteiger partial charge on any atom is -0.326 e. The average Bonchev–Trinajstić information content (AvgIpc) is 2.66. The fraction of sp³-hybridized carbons (Fsp3) is 0.350. The molecule has 0 aromatic heterocycles. The molecular weight excluding hydrogens is 403 g/mol. The van der Waals surface area contributed by atoms with Gasteiger partial charge in [-0.25, -0.2) is 17.1 Å². The molecule has 1 saturated heterocycles. The van der Waals surface area contributed by atoms with Crippen molar-refractivity contribution in [2.45, 2.75) is 25.5 Å². The number of amides is 1. The van der Waals surface area contributed by atoms with Crippen LogP contribution in [0.3, 0.4) is 0 Å². The van der Waals surface area contributed by atoms with Crippen molar-refractivity contribution in [3.8, 4) is 0 Å². The Bertz CT molecular complexity index is 964. The highest BCUT2D eigenvalue weighted by Gasteiger charge is 2.32. The number of hydrogen-bond donors (Lipinski definition) is 1. The van der Waals surface area contributed by atoms with Crippen molar-refractivity contribution in [3.63, 3.8) is 0 Å². The van der Waals surface area contributed by atoms with Crippen molar-refractivity contribution in [2.24, 2.45) is 5.92 Å². The largest absolute Gasteiger partial charge is 0.326 e. The molecule has 5 nitrogen and oxygen atoms in total. The van der Waals surface area contributed by atoms with Crippen LogP contribution in [0.15, 0.2) is 42.5 Å². The number of aryl methyl sites for hydroxylation is 1. The summed E-state index contributed by atoms with van der Waals surface area (Å²) in [5.74, 6) is -1.27. The van der Waals surface area contributed by atoms with Crippen LogP contribution >= 0.6 is 11.6 Å². The second kappa shape index (κ2) is 8.59. The van der Waals surface area contributed by atoms with Crippen molar-refractivity contribution >= 4 is 33.2 Å². The first-order valence-electron chi connectivity index (χ1n) is 9.04. The summed E-state index contributed by atoms with van der Waals surface area (Å²) in [5.41, 5.74) is 2.03. The summed E-state index contributed by atoms with van der Waals surface area (Å²) in [7, 11) is -3.59. The topological polar surface area (TPSA) is 66.5 Å². The molecule has 28 heavy (non-hydrogen) atoms. The predicted octanol–water partition coefficient (Wildman–Crippen LogP) is 3.97. The lowest BCUT2D eigenvalue weighted by atomic mass is 9.98. The van der Waals surface area contributed by atoms with Crippen LogP contribution in [-0.2, 0) is 20.6 Å².